The molecular formula is C5HAgN3O. The predicted octanol–water partition coefficient (Wildman–Crippen LogP) is 0.367. The van der Waals surface area contributed by atoms with E-state index < -0.39 is 11.3 Å². The third-order valence-corrected chi connectivity index (χ3v) is 0.566. The Kier molecular flexibility index (Phi) is 6.78. The Bertz CT molecular complexity index is 246. The fourth-order valence-corrected chi connectivity index (χ4v) is 0.187. The summed E-state index contributed by atoms with van der Waals surface area (Å²) in [5, 5.41) is 32.3. The monoisotopic (exact) mass is 226 g/mol. The number of aliphatic hydroxyl groups is 1. The third-order valence-electron chi connectivity index (χ3n) is 0.566. The van der Waals surface area contributed by atoms with Crippen LogP contribution in [0.15, 0.2) is 11.3 Å². The second-order valence-electron chi connectivity index (χ2n) is 1.06. The second-order valence-corrected chi connectivity index (χ2v) is 1.06. The summed E-state index contributed by atoms with van der Waals surface area (Å²) in [5.74, 6) is -0.833. The predicted molar refractivity (Wildman–Crippen MR) is 26.5 cm³/mol. The van der Waals surface area contributed by atoms with Crippen LogP contribution >= 0.6 is 0 Å². The molecule has 0 aromatic heterocycles. The number of hydrogen-bond acceptors (Lipinski definition) is 4. The molecule has 10 heavy (non-hydrogen) atoms. The van der Waals surface area contributed by atoms with E-state index in [-0.39, 0.29) is 22.4 Å². The number of allylic oxidation sites excluding steroid dienone is 2. The molecule has 0 aliphatic heterocycles. The molecule has 0 aliphatic carbocycles. The first kappa shape index (κ1) is 11.5. The molecular weight excluding hydrogens is 226 g/mol. The van der Waals surface area contributed by atoms with Gasteiger partial charge in [-0.05, 0) is 0 Å². The summed E-state index contributed by atoms with van der Waals surface area (Å²) in [5.41, 5.74) is -0.558. The second kappa shape index (κ2) is 5.88. The van der Waals surface area contributed by atoms with Crippen LogP contribution in [0.1, 0.15) is 0 Å². The Morgan fingerprint density at radius 2 is 1.40 bits per heavy atom. The first-order valence-corrected chi connectivity index (χ1v) is 1.89. The van der Waals surface area contributed by atoms with E-state index in [1.54, 1.807) is 0 Å². The van der Waals surface area contributed by atoms with Crippen molar-refractivity contribution in [3.63, 3.8) is 0 Å². The number of hydrogen-bond donors (Lipinski definition) is 1. The molecule has 0 heterocycles. The fourth-order valence-electron chi connectivity index (χ4n) is 0.187. The van der Waals surface area contributed by atoms with Crippen molar-refractivity contribution < 1.29 is 27.5 Å². The van der Waals surface area contributed by atoms with Gasteiger partial charge in [-0.3, -0.25) is 0 Å². The smallest absolute Gasteiger partial charge is 0.223 e. The van der Waals surface area contributed by atoms with Crippen LogP contribution in [0.5, 0.6) is 0 Å². The minimum Gasteiger partial charge on any atom is -0.498 e. The van der Waals surface area contributed by atoms with Crippen LogP contribution in [0, 0.1) is 34.0 Å². The van der Waals surface area contributed by atoms with Crippen molar-refractivity contribution in [1.82, 2.24) is 0 Å². The molecule has 0 unspecified atom stereocenters. The Balaban J connectivity index is 0. The zero-order valence-electron chi connectivity index (χ0n) is 4.59. The summed E-state index contributed by atoms with van der Waals surface area (Å²) in [6, 6.07) is 3.95. The van der Waals surface area contributed by atoms with Crippen molar-refractivity contribution in [2.75, 3.05) is 0 Å². The Morgan fingerprint density at radius 1 is 1.00 bits per heavy atom. The standard InChI is InChI=1S/C5HN3O.Ag/c6-1-4(2-7)5(9)3-8;/h9H;. The average molecular weight is 227 g/mol. The number of aliphatic hydroxyl groups excluding tert-OH is 1. The molecule has 0 atom stereocenters. The van der Waals surface area contributed by atoms with Gasteiger partial charge in [0.05, 0.1) is 0 Å². The molecule has 0 aromatic carbocycles. The van der Waals surface area contributed by atoms with Crippen molar-refractivity contribution in [2.24, 2.45) is 0 Å². The first-order chi connectivity index (χ1) is 4.26. The maximum Gasteiger partial charge on any atom is 0.223 e. The van der Waals surface area contributed by atoms with Crippen molar-refractivity contribution in [2.45, 2.75) is 0 Å². The van der Waals surface area contributed by atoms with E-state index >= 15 is 0 Å². The van der Waals surface area contributed by atoms with Gasteiger partial charge in [-0.1, -0.05) is 0 Å². The molecule has 0 spiro atoms. The van der Waals surface area contributed by atoms with E-state index in [0.29, 0.717) is 0 Å². The van der Waals surface area contributed by atoms with Crippen LogP contribution in [0.3, 0.4) is 0 Å². The van der Waals surface area contributed by atoms with Crippen LogP contribution in [-0.2, 0) is 22.4 Å². The SMILES string of the molecule is N#CC(O)=C(C#N)C#N.[Ag]. The molecule has 0 saturated heterocycles. The molecule has 0 rings (SSSR count). The summed E-state index contributed by atoms with van der Waals surface area (Å²) in [7, 11) is 0. The Morgan fingerprint density at radius 3 is 1.50 bits per heavy atom. The first-order valence-electron chi connectivity index (χ1n) is 1.89. The number of nitrogens with zero attached hydrogens (tertiary/aromatic N) is 3. The van der Waals surface area contributed by atoms with Gasteiger partial charge in [0.2, 0.25) is 5.76 Å². The van der Waals surface area contributed by atoms with Crippen LogP contribution < -0.4 is 0 Å². The van der Waals surface area contributed by atoms with Crippen molar-refractivity contribution >= 4 is 0 Å². The molecule has 0 amide bonds. The molecule has 53 valence electrons. The molecule has 0 saturated carbocycles. The van der Waals surface area contributed by atoms with E-state index in [2.05, 4.69) is 0 Å². The minimum atomic E-state index is -0.833. The fraction of sp³-hybridized carbons (Fsp3) is 0. The van der Waals surface area contributed by atoms with Gasteiger partial charge in [-0.15, -0.1) is 0 Å². The number of nitriles is 3. The van der Waals surface area contributed by atoms with Gasteiger partial charge in [-0.2, -0.15) is 15.8 Å². The average Bonchev–Trinajstić information content (AvgIpc) is 1.90. The zero-order chi connectivity index (χ0) is 7.28. The topological polar surface area (TPSA) is 91.6 Å². The van der Waals surface area contributed by atoms with E-state index in [1.807, 2.05) is 0 Å². The Hall–Kier alpha value is -1.25. The summed E-state index contributed by atoms with van der Waals surface area (Å²) in [4.78, 5) is 0. The zero-order valence-corrected chi connectivity index (χ0v) is 6.07. The molecule has 1 radical (unpaired) electrons. The van der Waals surface area contributed by atoms with E-state index in [9.17, 15) is 0 Å². The summed E-state index contributed by atoms with van der Waals surface area (Å²) in [6.07, 6.45) is 0. The van der Waals surface area contributed by atoms with E-state index in [0.717, 1.165) is 0 Å². The quantitative estimate of drug-likeness (QED) is 0.280. The largest absolute Gasteiger partial charge is 0.498 e. The van der Waals surface area contributed by atoms with E-state index in [1.165, 1.54) is 18.2 Å². The molecule has 0 fully saturated rings. The van der Waals surface area contributed by atoms with Crippen LogP contribution in [0.25, 0.3) is 0 Å². The van der Waals surface area contributed by atoms with Gasteiger partial charge in [0.25, 0.3) is 0 Å². The maximum atomic E-state index is 8.39. The minimum absolute atomic E-state index is 0. The van der Waals surface area contributed by atoms with Crippen LogP contribution in [0.4, 0.5) is 0 Å². The maximum absolute atomic E-state index is 8.39. The molecule has 5 heteroatoms. The van der Waals surface area contributed by atoms with Gasteiger partial charge in [0.15, 0.2) is 5.57 Å². The van der Waals surface area contributed by atoms with Crippen LogP contribution in [-0.4, -0.2) is 5.11 Å². The number of rotatable bonds is 0. The molecule has 0 aliphatic rings. The van der Waals surface area contributed by atoms with Crippen molar-refractivity contribution in [3.8, 4) is 18.2 Å². The van der Waals surface area contributed by atoms with Gasteiger partial charge in [0, 0.05) is 22.4 Å². The van der Waals surface area contributed by atoms with Gasteiger partial charge < -0.3 is 5.11 Å². The molecule has 0 bridgehead atoms. The molecule has 1 N–H and O–H groups in total. The summed E-state index contributed by atoms with van der Waals surface area (Å²) in [6.45, 7) is 0. The Labute approximate surface area is 73.1 Å². The third kappa shape index (κ3) is 2.92. The van der Waals surface area contributed by atoms with Crippen molar-refractivity contribution in [3.05, 3.63) is 11.3 Å². The van der Waals surface area contributed by atoms with Gasteiger partial charge in [0.1, 0.15) is 18.2 Å². The van der Waals surface area contributed by atoms with Crippen LogP contribution in [0.2, 0.25) is 0 Å². The molecule has 0 aromatic rings. The van der Waals surface area contributed by atoms with E-state index in [4.69, 9.17) is 20.9 Å². The summed E-state index contributed by atoms with van der Waals surface area (Å²) < 4.78 is 0. The molecule has 4 nitrogen and oxygen atoms in total. The normalized spacial score (nSPS) is 5.30. The van der Waals surface area contributed by atoms with Gasteiger partial charge >= 0.3 is 0 Å². The summed E-state index contributed by atoms with van der Waals surface area (Å²) >= 11 is 0. The van der Waals surface area contributed by atoms with Crippen molar-refractivity contribution in [1.29, 1.82) is 15.8 Å². The van der Waals surface area contributed by atoms with Gasteiger partial charge in [-0.25, -0.2) is 0 Å².